The van der Waals surface area contributed by atoms with Gasteiger partial charge in [-0.2, -0.15) is 0 Å². The Hall–Kier alpha value is -4.52. The number of aryl methyl sites for hydroxylation is 2. The van der Waals surface area contributed by atoms with Gasteiger partial charge in [0.2, 0.25) is 11.8 Å². The van der Waals surface area contributed by atoms with Crippen molar-refractivity contribution in [1.82, 2.24) is 30.4 Å². The summed E-state index contributed by atoms with van der Waals surface area (Å²) in [6.07, 6.45) is 1.86. The van der Waals surface area contributed by atoms with E-state index in [-0.39, 0.29) is 37.2 Å². The Morgan fingerprint density at radius 1 is 1.07 bits per heavy atom. The van der Waals surface area contributed by atoms with Crippen LogP contribution in [0.3, 0.4) is 0 Å². The molecule has 0 unspecified atom stereocenters. The molecule has 246 valence electrons. The highest BCUT2D eigenvalue weighted by molar-refractivity contribution is 7.08. The number of rotatable bonds is 7. The first kappa shape index (κ1) is 34.4. The fourth-order valence-electron chi connectivity index (χ4n) is 5.41. The van der Waals surface area contributed by atoms with Crippen molar-refractivity contribution in [3.63, 3.8) is 0 Å². The van der Waals surface area contributed by atoms with Gasteiger partial charge in [0.25, 0.3) is 11.8 Å². The molecule has 2 atom stereocenters. The van der Waals surface area contributed by atoms with Gasteiger partial charge in [-0.15, -0.1) is 5.10 Å². The van der Waals surface area contributed by atoms with E-state index in [0.29, 0.717) is 53.4 Å². The zero-order chi connectivity index (χ0) is 33.2. The van der Waals surface area contributed by atoms with Gasteiger partial charge in [0.15, 0.2) is 0 Å². The van der Waals surface area contributed by atoms with E-state index in [0.717, 1.165) is 22.7 Å². The van der Waals surface area contributed by atoms with Crippen molar-refractivity contribution in [3.05, 3.63) is 69.7 Å². The molecule has 2 bridgehead atoms. The van der Waals surface area contributed by atoms with Gasteiger partial charge >= 0.3 is 0 Å². The Balaban J connectivity index is 1.70. The van der Waals surface area contributed by atoms with E-state index >= 15 is 0 Å². The fourth-order valence-corrected chi connectivity index (χ4v) is 6.03. The van der Waals surface area contributed by atoms with Crippen LogP contribution in [0.5, 0.6) is 11.5 Å². The van der Waals surface area contributed by atoms with Crippen LogP contribution in [0.2, 0.25) is 0 Å². The van der Waals surface area contributed by atoms with Crippen molar-refractivity contribution in [2.75, 3.05) is 33.9 Å². The van der Waals surface area contributed by atoms with Crippen LogP contribution in [-0.2, 0) is 22.4 Å². The number of hydrogen-bond acceptors (Lipinski definition) is 9. The molecule has 13 heteroatoms. The number of ether oxygens (including phenoxy) is 2. The molecule has 0 spiro atoms. The molecule has 0 fully saturated rings. The number of amides is 4. The highest BCUT2D eigenvalue weighted by atomic mass is 32.1. The zero-order valence-electron chi connectivity index (χ0n) is 26.9. The molecule has 2 aromatic carbocycles. The Morgan fingerprint density at radius 3 is 2.48 bits per heavy atom. The minimum absolute atomic E-state index is 0.0781. The first-order valence-electron chi connectivity index (χ1n) is 15.3. The van der Waals surface area contributed by atoms with Crippen LogP contribution >= 0.6 is 11.5 Å². The Bertz CT molecular complexity index is 1530. The summed E-state index contributed by atoms with van der Waals surface area (Å²) in [5.74, 6) is -0.0562. The summed E-state index contributed by atoms with van der Waals surface area (Å²) in [5, 5.41) is 12.9. The Kier molecular flexibility index (Phi) is 12.1. The minimum atomic E-state index is -0.933. The molecular weight excluding hydrogens is 608 g/mol. The molecule has 46 heavy (non-hydrogen) atoms. The van der Waals surface area contributed by atoms with Crippen molar-refractivity contribution in [2.24, 2.45) is 5.92 Å². The lowest BCUT2D eigenvalue weighted by molar-refractivity contribution is -0.123. The van der Waals surface area contributed by atoms with Crippen molar-refractivity contribution in [2.45, 2.75) is 58.5 Å². The van der Waals surface area contributed by atoms with E-state index in [2.05, 4.69) is 25.5 Å². The Morgan fingerprint density at radius 2 is 1.83 bits per heavy atom. The third kappa shape index (κ3) is 9.25. The molecule has 1 aromatic heterocycles. The lowest BCUT2D eigenvalue weighted by atomic mass is 10.0. The first-order chi connectivity index (χ1) is 22.1. The summed E-state index contributed by atoms with van der Waals surface area (Å²) in [7, 11) is 3.14. The number of methoxy groups -OCH3 is 2. The molecule has 0 saturated heterocycles. The van der Waals surface area contributed by atoms with E-state index in [1.165, 1.54) is 4.90 Å². The normalized spacial score (nSPS) is 18.3. The summed E-state index contributed by atoms with van der Waals surface area (Å²) in [5.41, 5.74) is 2.48. The quantitative estimate of drug-likeness (QED) is 0.353. The minimum Gasteiger partial charge on any atom is -0.497 e. The average molecular weight is 651 g/mol. The van der Waals surface area contributed by atoms with E-state index < -0.39 is 23.9 Å². The van der Waals surface area contributed by atoms with E-state index in [9.17, 15) is 19.2 Å². The second kappa shape index (κ2) is 16.2. The summed E-state index contributed by atoms with van der Waals surface area (Å²) in [6.45, 7) is 5.96. The third-order valence-electron chi connectivity index (χ3n) is 7.72. The van der Waals surface area contributed by atoms with Gasteiger partial charge in [0.05, 0.1) is 26.5 Å². The second-order valence-electron chi connectivity index (χ2n) is 11.8. The fraction of sp³-hybridized carbons (Fsp3) is 0.455. The van der Waals surface area contributed by atoms with Gasteiger partial charge < -0.3 is 30.3 Å². The molecule has 3 aromatic rings. The largest absolute Gasteiger partial charge is 0.497 e. The topological polar surface area (TPSA) is 152 Å². The lowest BCUT2D eigenvalue weighted by Gasteiger charge is -2.30. The van der Waals surface area contributed by atoms with Crippen LogP contribution in [0.25, 0.3) is 0 Å². The third-order valence-corrected chi connectivity index (χ3v) is 8.53. The maximum Gasteiger partial charge on any atom is 0.268 e. The maximum absolute atomic E-state index is 14.0. The smallest absolute Gasteiger partial charge is 0.268 e. The van der Waals surface area contributed by atoms with Gasteiger partial charge in [-0.25, -0.2) is 0 Å². The summed E-state index contributed by atoms with van der Waals surface area (Å²) >= 11 is 0.970. The summed E-state index contributed by atoms with van der Waals surface area (Å²) < 4.78 is 14.7. The first-order valence-corrected chi connectivity index (χ1v) is 16.1. The molecule has 0 saturated carbocycles. The van der Waals surface area contributed by atoms with E-state index in [4.69, 9.17) is 9.47 Å². The average Bonchev–Trinajstić information content (AvgIpc) is 3.47. The van der Waals surface area contributed by atoms with Gasteiger partial charge in [-0.1, -0.05) is 30.5 Å². The molecule has 4 rings (SSSR count). The lowest BCUT2D eigenvalue weighted by Crippen LogP contribution is -2.54. The molecule has 2 heterocycles. The SMILES string of the molecule is COc1ccc(C[C@@H]2NC(=O)c3ccc(OC)c(c3)CCCNC(=O)CN(C(=O)c3snnc3C)C[C@H](CC(C)C)NC2=O)cc1. The predicted octanol–water partition coefficient (Wildman–Crippen LogP) is 2.94. The second-order valence-corrected chi connectivity index (χ2v) is 12.5. The number of nitrogens with zero attached hydrogens (tertiary/aromatic N) is 3. The number of nitrogens with one attached hydrogen (secondary N) is 3. The summed E-state index contributed by atoms with van der Waals surface area (Å²) in [6, 6.07) is 11.0. The predicted molar refractivity (Wildman–Crippen MR) is 174 cm³/mol. The molecule has 4 amide bonds. The van der Waals surface area contributed by atoms with Gasteiger partial charge in [0, 0.05) is 31.1 Å². The highest BCUT2D eigenvalue weighted by Gasteiger charge is 2.30. The number of benzene rings is 2. The number of fused-ring (bicyclic) bond motifs is 2. The zero-order valence-corrected chi connectivity index (χ0v) is 27.7. The molecule has 1 aliphatic heterocycles. The van der Waals surface area contributed by atoms with Crippen molar-refractivity contribution in [3.8, 4) is 11.5 Å². The van der Waals surface area contributed by atoms with Gasteiger partial charge in [-0.05, 0) is 85.1 Å². The molecule has 0 radical (unpaired) electrons. The summed E-state index contributed by atoms with van der Waals surface area (Å²) in [4.78, 5) is 56.2. The van der Waals surface area contributed by atoms with Gasteiger partial charge in [-0.3, -0.25) is 19.2 Å². The van der Waals surface area contributed by atoms with Crippen LogP contribution in [0, 0.1) is 12.8 Å². The Labute approximate surface area is 273 Å². The van der Waals surface area contributed by atoms with Crippen LogP contribution in [0.1, 0.15) is 63.5 Å². The maximum atomic E-state index is 14.0. The molecule has 0 aliphatic carbocycles. The van der Waals surface area contributed by atoms with Crippen LogP contribution in [0.15, 0.2) is 42.5 Å². The van der Waals surface area contributed by atoms with Crippen molar-refractivity contribution < 1.29 is 28.7 Å². The highest BCUT2D eigenvalue weighted by Crippen LogP contribution is 2.22. The van der Waals surface area contributed by atoms with E-state index in [1.54, 1.807) is 51.5 Å². The number of carbonyl (C=O) groups is 4. The number of carbonyl (C=O) groups excluding carboxylic acids is 4. The molecule has 3 N–H and O–H groups in total. The monoisotopic (exact) mass is 650 g/mol. The van der Waals surface area contributed by atoms with Crippen molar-refractivity contribution >= 4 is 35.2 Å². The van der Waals surface area contributed by atoms with E-state index in [1.807, 2.05) is 26.0 Å². The van der Waals surface area contributed by atoms with Crippen LogP contribution in [-0.4, -0.2) is 84.1 Å². The van der Waals surface area contributed by atoms with Crippen molar-refractivity contribution in [1.29, 1.82) is 0 Å². The van der Waals surface area contributed by atoms with Gasteiger partial charge in [0.1, 0.15) is 22.4 Å². The molecule has 12 nitrogen and oxygen atoms in total. The molecule has 1 aliphatic rings. The van der Waals surface area contributed by atoms with Crippen LogP contribution in [0.4, 0.5) is 0 Å². The standard InChI is InChI=1S/C33H42N6O6S/c1-20(2)15-25-18-39(33(43)30-21(3)37-38-46-30)19-29(40)34-14-6-7-23-17-24(10-13-28(23)45-5)31(41)36-27(32(42)35-25)16-22-8-11-26(44-4)12-9-22/h8-13,17,20,25,27H,6-7,14-16,18-19H2,1-5H3,(H,34,40)(H,35,42)(H,36,41)/t25-,27-/m0/s1. The number of hydrogen-bond donors (Lipinski definition) is 3. The van der Waals surface area contributed by atoms with Crippen LogP contribution < -0.4 is 25.4 Å². The number of aromatic nitrogens is 2. The molecular formula is C33H42N6O6S.